The van der Waals surface area contributed by atoms with E-state index in [1.807, 2.05) is 10.9 Å². The highest BCUT2D eigenvalue weighted by atomic mass is 15.3. The van der Waals surface area contributed by atoms with E-state index in [1.54, 1.807) is 0 Å². The Balaban J connectivity index is 2.30. The van der Waals surface area contributed by atoms with Crippen LogP contribution in [0, 0.1) is 0 Å². The predicted octanol–water partition coefficient (Wildman–Crippen LogP) is 2.57. The van der Waals surface area contributed by atoms with Crippen LogP contribution in [0.1, 0.15) is 46.1 Å². The Morgan fingerprint density at radius 3 is 2.62 bits per heavy atom. The third kappa shape index (κ3) is 4.35. The highest BCUT2D eigenvalue weighted by Crippen LogP contribution is 2.13. The SMILES string of the molecule is CCCNCCCc1cnn(C(C)(C)C)c1. The van der Waals surface area contributed by atoms with Crippen molar-refractivity contribution >= 4 is 0 Å². The molecule has 0 spiro atoms. The molecule has 16 heavy (non-hydrogen) atoms. The molecule has 0 aliphatic heterocycles. The van der Waals surface area contributed by atoms with Crippen molar-refractivity contribution in [3.8, 4) is 0 Å². The van der Waals surface area contributed by atoms with Crippen LogP contribution in [0.25, 0.3) is 0 Å². The fourth-order valence-corrected chi connectivity index (χ4v) is 1.58. The monoisotopic (exact) mass is 223 g/mol. The maximum Gasteiger partial charge on any atom is 0.0543 e. The fourth-order valence-electron chi connectivity index (χ4n) is 1.58. The number of hydrogen-bond donors (Lipinski definition) is 1. The Morgan fingerprint density at radius 1 is 1.31 bits per heavy atom. The fraction of sp³-hybridized carbons (Fsp3) is 0.769. The van der Waals surface area contributed by atoms with Crippen LogP contribution < -0.4 is 5.32 Å². The smallest absolute Gasteiger partial charge is 0.0543 e. The number of aromatic nitrogens is 2. The quantitative estimate of drug-likeness (QED) is 0.751. The summed E-state index contributed by atoms with van der Waals surface area (Å²) in [6.45, 7) is 10.9. The molecule has 0 fully saturated rings. The van der Waals surface area contributed by atoms with Crippen molar-refractivity contribution in [2.45, 2.75) is 52.5 Å². The Bertz CT molecular complexity index is 296. The Labute approximate surface area is 99.2 Å². The first-order chi connectivity index (χ1) is 7.54. The molecule has 0 bridgehead atoms. The van der Waals surface area contributed by atoms with Crippen molar-refractivity contribution in [2.75, 3.05) is 13.1 Å². The minimum atomic E-state index is 0.0959. The number of nitrogens with one attached hydrogen (secondary N) is 1. The summed E-state index contributed by atoms with van der Waals surface area (Å²) in [7, 11) is 0. The Kier molecular flexibility index (Phi) is 5.00. The summed E-state index contributed by atoms with van der Waals surface area (Å²) >= 11 is 0. The zero-order chi connectivity index (χ0) is 12.0. The van der Waals surface area contributed by atoms with Crippen LogP contribution in [-0.4, -0.2) is 22.9 Å². The van der Waals surface area contributed by atoms with Crippen molar-refractivity contribution in [3.05, 3.63) is 18.0 Å². The van der Waals surface area contributed by atoms with E-state index in [-0.39, 0.29) is 5.54 Å². The van der Waals surface area contributed by atoms with E-state index in [9.17, 15) is 0 Å². The number of aryl methyl sites for hydroxylation is 1. The van der Waals surface area contributed by atoms with Crippen LogP contribution in [0.3, 0.4) is 0 Å². The number of hydrogen-bond acceptors (Lipinski definition) is 2. The lowest BCUT2D eigenvalue weighted by atomic mass is 10.1. The van der Waals surface area contributed by atoms with Gasteiger partial charge in [-0.15, -0.1) is 0 Å². The van der Waals surface area contributed by atoms with Gasteiger partial charge in [0.1, 0.15) is 0 Å². The van der Waals surface area contributed by atoms with E-state index in [0.29, 0.717) is 0 Å². The highest BCUT2D eigenvalue weighted by molar-refractivity contribution is 5.05. The number of rotatable bonds is 6. The molecule has 1 aromatic rings. The molecule has 0 aromatic carbocycles. The van der Waals surface area contributed by atoms with Crippen LogP contribution >= 0.6 is 0 Å². The van der Waals surface area contributed by atoms with E-state index in [0.717, 1.165) is 19.5 Å². The second kappa shape index (κ2) is 6.04. The second-order valence-electron chi connectivity index (χ2n) is 5.32. The van der Waals surface area contributed by atoms with Gasteiger partial charge in [-0.05, 0) is 58.7 Å². The molecule has 0 aliphatic rings. The van der Waals surface area contributed by atoms with Crippen molar-refractivity contribution in [1.29, 1.82) is 0 Å². The topological polar surface area (TPSA) is 29.9 Å². The average Bonchev–Trinajstić information content (AvgIpc) is 2.65. The molecule has 1 N–H and O–H groups in total. The second-order valence-corrected chi connectivity index (χ2v) is 5.32. The lowest BCUT2D eigenvalue weighted by Crippen LogP contribution is -2.22. The van der Waals surface area contributed by atoms with Crippen LogP contribution in [-0.2, 0) is 12.0 Å². The molecule has 0 saturated heterocycles. The van der Waals surface area contributed by atoms with Crippen molar-refractivity contribution < 1.29 is 0 Å². The van der Waals surface area contributed by atoms with Crippen molar-refractivity contribution in [3.63, 3.8) is 0 Å². The minimum absolute atomic E-state index is 0.0959. The van der Waals surface area contributed by atoms with Gasteiger partial charge in [0.2, 0.25) is 0 Å². The zero-order valence-electron chi connectivity index (χ0n) is 11.1. The maximum atomic E-state index is 4.40. The highest BCUT2D eigenvalue weighted by Gasteiger charge is 2.13. The van der Waals surface area contributed by atoms with Crippen molar-refractivity contribution in [2.24, 2.45) is 0 Å². The largest absolute Gasteiger partial charge is 0.317 e. The molecule has 3 heteroatoms. The summed E-state index contributed by atoms with van der Waals surface area (Å²) < 4.78 is 2.04. The average molecular weight is 223 g/mol. The first-order valence-electron chi connectivity index (χ1n) is 6.29. The molecular formula is C13H25N3. The van der Waals surface area contributed by atoms with E-state index in [1.165, 1.54) is 18.4 Å². The first-order valence-corrected chi connectivity index (χ1v) is 6.29. The minimum Gasteiger partial charge on any atom is -0.317 e. The van der Waals surface area contributed by atoms with Gasteiger partial charge in [-0.2, -0.15) is 5.10 Å². The van der Waals surface area contributed by atoms with Gasteiger partial charge in [-0.3, -0.25) is 4.68 Å². The van der Waals surface area contributed by atoms with Crippen LogP contribution in [0.4, 0.5) is 0 Å². The third-order valence-corrected chi connectivity index (χ3v) is 2.57. The molecule has 92 valence electrons. The van der Waals surface area contributed by atoms with Gasteiger partial charge in [0.25, 0.3) is 0 Å². The Hall–Kier alpha value is -0.830. The molecule has 0 radical (unpaired) electrons. The predicted molar refractivity (Wildman–Crippen MR) is 68.7 cm³/mol. The van der Waals surface area contributed by atoms with Crippen LogP contribution in [0.2, 0.25) is 0 Å². The lowest BCUT2D eigenvalue weighted by Gasteiger charge is -2.18. The van der Waals surface area contributed by atoms with Crippen LogP contribution in [0.15, 0.2) is 12.4 Å². The summed E-state index contributed by atoms with van der Waals surface area (Å²) in [5.74, 6) is 0. The molecule has 0 aliphatic carbocycles. The normalized spacial score (nSPS) is 12.0. The van der Waals surface area contributed by atoms with Gasteiger partial charge < -0.3 is 5.32 Å². The molecule has 0 amide bonds. The maximum absolute atomic E-state index is 4.40. The molecule has 0 atom stereocenters. The standard InChI is InChI=1S/C13H25N3/c1-5-8-14-9-6-7-12-10-15-16(11-12)13(2,3)4/h10-11,14H,5-9H2,1-4H3. The van der Waals surface area contributed by atoms with Gasteiger partial charge >= 0.3 is 0 Å². The molecule has 1 aromatic heterocycles. The molecule has 1 rings (SSSR count). The van der Waals surface area contributed by atoms with E-state index < -0.39 is 0 Å². The van der Waals surface area contributed by atoms with Gasteiger partial charge in [0, 0.05) is 6.20 Å². The van der Waals surface area contributed by atoms with Gasteiger partial charge in [-0.1, -0.05) is 6.92 Å². The van der Waals surface area contributed by atoms with Gasteiger partial charge in [-0.25, -0.2) is 0 Å². The van der Waals surface area contributed by atoms with Crippen molar-refractivity contribution in [1.82, 2.24) is 15.1 Å². The summed E-state index contributed by atoms with van der Waals surface area (Å²) in [6, 6.07) is 0. The zero-order valence-corrected chi connectivity index (χ0v) is 11.1. The third-order valence-electron chi connectivity index (χ3n) is 2.57. The first kappa shape index (κ1) is 13.2. The number of nitrogens with zero attached hydrogens (tertiary/aromatic N) is 2. The summed E-state index contributed by atoms with van der Waals surface area (Å²) in [6.07, 6.45) is 7.68. The lowest BCUT2D eigenvalue weighted by molar-refractivity contribution is 0.355. The molecule has 3 nitrogen and oxygen atoms in total. The van der Waals surface area contributed by atoms with Gasteiger partial charge in [0.15, 0.2) is 0 Å². The molecule has 0 saturated carbocycles. The van der Waals surface area contributed by atoms with E-state index in [2.05, 4.69) is 44.3 Å². The summed E-state index contributed by atoms with van der Waals surface area (Å²) in [4.78, 5) is 0. The molecule has 0 unspecified atom stereocenters. The summed E-state index contributed by atoms with van der Waals surface area (Å²) in [5, 5.41) is 7.81. The van der Waals surface area contributed by atoms with E-state index >= 15 is 0 Å². The Morgan fingerprint density at radius 2 is 2.06 bits per heavy atom. The van der Waals surface area contributed by atoms with E-state index in [4.69, 9.17) is 0 Å². The summed E-state index contributed by atoms with van der Waals surface area (Å²) in [5.41, 5.74) is 1.44. The van der Waals surface area contributed by atoms with Crippen LogP contribution in [0.5, 0.6) is 0 Å². The molecular weight excluding hydrogens is 198 g/mol. The molecule has 1 heterocycles. The van der Waals surface area contributed by atoms with Gasteiger partial charge in [0.05, 0.1) is 11.7 Å².